The van der Waals surface area contributed by atoms with Crippen molar-refractivity contribution in [2.24, 2.45) is 17.6 Å². The van der Waals surface area contributed by atoms with Crippen molar-refractivity contribution in [3.05, 3.63) is 29.3 Å². The summed E-state index contributed by atoms with van der Waals surface area (Å²) in [6, 6.07) is 6.56. The van der Waals surface area contributed by atoms with E-state index >= 15 is 0 Å². The van der Waals surface area contributed by atoms with Crippen LogP contribution in [0.15, 0.2) is 18.2 Å². The maximum Gasteiger partial charge on any atom is 0.222 e. The Bertz CT molecular complexity index is 587. The molecule has 4 nitrogen and oxygen atoms in total. The summed E-state index contributed by atoms with van der Waals surface area (Å²) in [6.45, 7) is 6.61. The molecule has 1 aliphatic heterocycles. The van der Waals surface area contributed by atoms with Crippen LogP contribution in [0.2, 0.25) is 0 Å². The van der Waals surface area contributed by atoms with Crippen molar-refractivity contribution in [2.75, 3.05) is 19.7 Å². The van der Waals surface area contributed by atoms with Gasteiger partial charge in [0.25, 0.3) is 0 Å². The third kappa shape index (κ3) is 3.92. The average molecular weight is 330 g/mol. The lowest BCUT2D eigenvalue weighted by atomic mass is 9.98. The quantitative estimate of drug-likeness (QED) is 0.816. The minimum atomic E-state index is 0.295. The van der Waals surface area contributed by atoms with Gasteiger partial charge in [-0.05, 0) is 68.6 Å². The average Bonchev–Trinajstić information content (AvgIpc) is 3.12. The SMILES string of the molecule is Cc1ccc(C)c(OCCCCC(=O)N2CC3CCC(N)C3C2)c1. The van der Waals surface area contributed by atoms with Crippen molar-refractivity contribution >= 4 is 5.91 Å². The molecule has 24 heavy (non-hydrogen) atoms. The van der Waals surface area contributed by atoms with Gasteiger partial charge in [-0.25, -0.2) is 0 Å². The van der Waals surface area contributed by atoms with Crippen LogP contribution in [0.3, 0.4) is 0 Å². The van der Waals surface area contributed by atoms with Crippen molar-refractivity contribution < 1.29 is 9.53 Å². The molecule has 1 amide bonds. The van der Waals surface area contributed by atoms with Gasteiger partial charge in [-0.15, -0.1) is 0 Å². The third-order valence-electron chi connectivity index (χ3n) is 5.65. The predicted octanol–water partition coefficient (Wildman–Crippen LogP) is 3.05. The zero-order chi connectivity index (χ0) is 17.1. The van der Waals surface area contributed by atoms with Gasteiger partial charge in [0.05, 0.1) is 6.61 Å². The number of benzene rings is 1. The molecule has 2 aliphatic rings. The molecule has 0 radical (unpaired) electrons. The molecular formula is C20H30N2O2. The molecule has 1 aliphatic carbocycles. The predicted molar refractivity (Wildman–Crippen MR) is 96.0 cm³/mol. The topological polar surface area (TPSA) is 55.6 Å². The number of nitrogens with zero attached hydrogens (tertiary/aromatic N) is 1. The molecule has 4 heteroatoms. The Morgan fingerprint density at radius 3 is 2.88 bits per heavy atom. The second-order valence-electron chi connectivity index (χ2n) is 7.54. The first-order valence-electron chi connectivity index (χ1n) is 9.28. The highest BCUT2D eigenvalue weighted by Crippen LogP contribution is 2.37. The van der Waals surface area contributed by atoms with Crippen molar-refractivity contribution in [2.45, 2.75) is 52.0 Å². The summed E-state index contributed by atoms with van der Waals surface area (Å²) < 4.78 is 5.86. The van der Waals surface area contributed by atoms with Gasteiger partial charge >= 0.3 is 0 Å². The van der Waals surface area contributed by atoms with Crippen LogP contribution >= 0.6 is 0 Å². The van der Waals surface area contributed by atoms with Crippen molar-refractivity contribution in [3.8, 4) is 5.75 Å². The van der Waals surface area contributed by atoms with Crippen LogP contribution in [0.25, 0.3) is 0 Å². The zero-order valence-corrected chi connectivity index (χ0v) is 15.0. The molecule has 1 aromatic rings. The number of ether oxygens (including phenoxy) is 1. The number of fused-ring (bicyclic) bond motifs is 1. The maximum atomic E-state index is 12.4. The number of hydrogen-bond acceptors (Lipinski definition) is 3. The minimum Gasteiger partial charge on any atom is -0.493 e. The molecule has 0 bridgehead atoms. The largest absolute Gasteiger partial charge is 0.493 e. The third-order valence-corrected chi connectivity index (χ3v) is 5.65. The summed E-state index contributed by atoms with van der Waals surface area (Å²) >= 11 is 0. The van der Waals surface area contributed by atoms with E-state index in [4.69, 9.17) is 10.5 Å². The maximum absolute atomic E-state index is 12.4. The van der Waals surface area contributed by atoms with Gasteiger partial charge in [-0.3, -0.25) is 4.79 Å². The second kappa shape index (κ2) is 7.56. The molecule has 3 unspecified atom stereocenters. The van der Waals surface area contributed by atoms with E-state index in [9.17, 15) is 4.79 Å². The van der Waals surface area contributed by atoms with E-state index in [0.717, 1.165) is 43.7 Å². The molecule has 1 heterocycles. The van der Waals surface area contributed by atoms with Crippen LogP contribution in [0, 0.1) is 25.7 Å². The molecule has 0 aromatic heterocycles. The highest BCUT2D eigenvalue weighted by Gasteiger charge is 2.42. The number of carbonyl (C=O) groups is 1. The standard InChI is InChI=1S/C20H30N2O2/c1-14-6-7-15(2)19(11-14)24-10-4-3-5-20(23)22-12-16-8-9-18(21)17(16)13-22/h6-7,11,16-18H,3-5,8-10,12-13,21H2,1-2H3. The van der Waals surface area contributed by atoms with Crippen molar-refractivity contribution in [3.63, 3.8) is 0 Å². The Hall–Kier alpha value is -1.55. The summed E-state index contributed by atoms with van der Waals surface area (Å²) in [4.78, 5) is 14.4. The van der Waals surface area contributed by atoms with Crippen LogP contribution < -0.4 is 10.5 Å². The Morgan fingerprint density at radius 1 is 1.25 bits per heavy atom. The smallest absolute Gasteiger partial charge is 0.222 e. The number of carbonyl (C=O) groups excluding carboxylic acids is 1. The number of unbranched alkanes of at least 4 members (excludes halogenated alkanes) is 1. The summed E-state index contributed by atoms with van der Waals surface area (Å²) in [5, 5.41) is 0. The number of hydrogen-bond donors (Lipinski definition) is 1. The lowest BCUT2D eigenvalue weighted by Gasteiger charge is -2.18. The highest BCUT2D eigenvalue weighted by atomic mass is 16.5. The van der Waals surface area contributed by atoms with Gasteiger partial charge in [0, 0.05) is 25.6 Å². The lowest BCUT2D eigenvalue weighted by Crippen LogP contribution is -2.33. The van der Waals surface area contributed by atoms with Gasteiger partial charge in [-0.1, -0.05) is 12.1 Å². The van der Waals surface area contributed by atoms with Crippen molar-refractivity contribution in [1.82, 2.24) is 4.90 Å². The normalized spacial score (nSPS) is 25.8. The molecule has 2 N–H and O–H groups in total. The van der Waals surface area contributed by atoms with Crippen LogP contribution in [0.5, 0.6) is 5.75 Å². The molecule has 0 spiro atoms. The molecule has 1 aromatic carbocycles. The Kier molecular flexibility index (Phi) is 5.44. The van der Waals surface area contributed by atoms with E-state index < -0.39 is 0 Å². The van der Waals surface area contributed by atoms with Gasteiger partial charge in [0.15, 0.2) is 0 Å². The number of nitrogens with two attached hydrogens (primary N) is 1. The Morgan fingerprint density at radius 2 is 2.08 bits per heavy atom. The minimum absolute atomic E-state index is 0.295. The summed E-state index contributed by atoms with van der Waals surface area (Å²) in [7, 11) is 0. The van der Waals surface area contributed by atoms with E-state index in [0.29, 0.717) is 36.8 Å². The number of rotatable bonds is 6. The van der Waals surface area contributed by atoms with Gasteiger partial charge in [-0.2, -0.15) is 0 Å². The van der Waals surface area contributed by atoms with Crippen LogP contribution in [-0.4, -0.2) is 36.5 Å². The Labute approximate surface area is 145 Å². The molecule has 3 rings (SSSR count). The van der Waals surface area contributed by atoms with Gasteiger partial charge < -0.3 is 15.4 Å². The fraction of sp³-hybridized carbons (Fsp3) is 0.650. The first kappa shape index (κ1) is 17.3. The molecule has 2 fully saturated rings. The monoisotopic (exact) mass is 330 g/mol. The Balaban J connectivity index is 1.35. The van der Waals surface area contributed by atoms with Gasteiger partial charge in [0.2, 0.25) is 5.91 Å². The number of amides is 1. The van der Waals surface area contributed by atoms with Crippen molar-refractivity contribution in [1.29, 1.82) is 0 Å². The zero-order valence-electron chi connectivity index (χ0n) is 15.0. The lowest BCUT2D eigenvalue weighted by molar-refractivity contribution is -0.130. The highest BCUT2D eigenvalue weighted by molar-refractivity contribution is 5.76. The van der Waals surface area contributed by atoms with E-state index in [1.165, 1.54) is 12.0 Å². The van der Waals surface area contributed by atoms with E-state index in [-0.39, 0.29) is 0 Å². The molecule has 132 valence electrons. The van der Waals surface area contributed by atoms with E-state index in [1.54, 1.807) is 0 Å². The second-order valence-corrected chi connectivity index (χ2v) is 7.54. The number of likely N-dealkylation sites (tertiary alicyclic amines) is 1. The molecule has 1 saturated heterocycles. The van der Waals surface area contributed by atoms with Crippen LogP contribution in [0.4, 0.5) is 0 Å². The van der Waals surface area contributed by atoms with Crippen LogP contribution in [0.1, 0.15) is 43.2 Å². The summed E-state index contributed by atoms with van der Waals surface area (Å²) in [6.07, 6.45) is 4.76. The number of aryl methyl sites for hydroxylation is 2. The molecule has 1 saturated carbocycles. The first-order chi connectivity index (χ1) is 11.5. The first-order valence-corrected chi connectivity index (χ1v) is 9.28. The fourth-order valence-corrected chi connectivity index (χ4v) is 4.09. The molecule has 3 atom stereocenters. The van der Waals surface area contributed by atoms with Gasteiger partial charge in [0.1, 0.15) is 5.75 Å². The summed E-state index contributed by atoms with van der Waals surface area (Å²) in [5.41, 5.74) is 8.52. The fourth-order valence-electron chi connectivity index (χ4n) is 4.09. The van der Waals surface area contributed by atoms with E-state index in [2.05, 4.69) is 32.0 Å². The molecular weight excluding hydrogens is 300 g/mol. The van der Waals surface area contributed by atoms with Crippen LogP contribution in [-0.2, 0) is 4.79 Å². The van der Waals surface area contributed by atoms with E-state index in [1.807, 2.05) is 4.90 Å². The summed E-state index contributed by atoms with van der Waals surface area (Å²) in [5.74, 6) is 2.45.